The highest BCUT2D eigenvalue weighted by molar-refractivity contribution is 6.04. The molecule has 2 heteroatoms. The third kappa shape index (κ3) is 2.08. The monoisotopic (exact) mass is 228 g/mol. The molecule has 2 rings (SSSR count). The van der Waals surface area contributed by atoms with Crippen molar-refractivity contribution in [2.45, 2.75) is 19.4 Å². The first-order valence-corrected chi connectivity index (χ1v) is 5.63. The summed E-state index contributed by atoms with van der Waals surface area (Å²) in [5, 5.41) is 0. The lowest BCUT2D eigenvalue weighted by molar-refractivity contribution is -0.111. The van der Waals surface area contributed by atoms with Gasteiger partial charge < -0.3 is 4.74 Å². The van der Waals surface area contributed by atoms with E-state index in [9.17, 15) is 4.79 Å². The second-order valence-electron chi connectivity index (χ2n) is 4.39. The SMILES string of the molecule is COC1(c2ccc(C)cc2)C=CC(=O)C(C)=C1. The molecule has 1 aromatic carbocycles. The van der Waals surface area contributed by atoms with Gasteiger partial charge in [0.1, 0.15) is 5.60 Å². The summed E-state index contributed by atoms with van der Waals surface area (Å²) in [5.74, 6) is 0.0461. The third-order valence-electron chi connectivity index (χ3n) is 3.14. The van der Waals surface area contributed by atoms with Crippen LogP contribution >= 0.6 is 0 Å². The minimum Gasteiger partial charge on any atom is -0.365 e. The van der Waals surface area contributed by atoms with E-state index in [4.69, 9.17) is 4.74 Å². The Balaban J connectivity index is 2.49. The maximum absolute atomic E-state index is 11.5. The van der Waals surface area contributed by atoms with Crippen LogP contribution in [0.1, 0.15) is 18.1 Å². The summed E-state index contributed by atoms with van der Waals surface area (Å²) in [7, 11) is 1.66. The fraction of sp³-hybridized carbons (Fsp3) is 0.267. The number of ketones is 1. The maximum atomic E-state index is 11.5. The van der Waals surface area contributed by atoms with Gasteiger partial charge in [-0.15, -0.1) is 0 Å². The summed E-state index contributed by atoms with van der Waals surface area (Å²) in [6.07, 6.45) is 5.27. The fourth-order valence-electron chi connectivity index (χ4n) is 2.01. The van der Waals surface area contributed by atoms with E-state index in [0.717, 1.165) is 11.1 Å². The molecule has 0 amide bonds. The molecule has 0 N–H and O–H groups in total. The molecule has 1 atom stereocenters. The van der Waals surface area contributed by atoms with Gasteiger partial charge in [0.05, 0.1) is 0 Å². The quantitative estimate of drug-likeness (QED) is 0.778. The molecule has 1 aromatic rings. The van der Waals surface area contributed by atoms with Gasteiger partial charge in [-0.1, -0.05) is 29.8 Å². The first kappa shape index (κ1) is 11.8. The van der Waals surface area contributed by atoms with E-state index in [1.165, 1.54) is 5.56 Å². The van der Waals surface area contributed by atoms with Gasteiger partial charge >= 0.3 is 0 Å². The number of carbonyl (C=O) groups excluding carboxylic acids is 1. The Labute approximate surface area is 102 Å². The third-order valence-corrected chi connectivity index (χ3v) is 3.14. The molecule has 0 aromatic heterocycles. The molecule has 0 saturated heterocycles. The molecular weight excluding hydrogens is 212 g/mol. The Morgan fingerprint density at radius 3 is 2.29 bits per heavy atom. The van der Waals surface area contributed by atoms with Crippen molar-refractivity contribution >= 4 is 5.78 Å². The van der Waals surface area contributed by atoms with E-state index in [0.29, 0.717) is 0 Å². The Bertz CT molecular complexity index is 494. The summed E-state index contributed by atoms with van der Waals surface area (Å²) in [4.78, 5) is 11.5. The van der Waals surface area contributed by atoms with E-state index in [2.05, 4.69) is 0 Å². The summed E-state index contributed by atoms with van der Waals surface area (Å²) >= 11 is 0. The predicted octanol–water partition coefficient (Wildman–Crippen LogP) is 2.92. The standard InChI is InChI=1S/C15H16O2/c1-11-4-6-13(7-5-11)15(17-3)9-8-14(16)12(2)10-15/h4-10H,1-3H3. The van der Waals surface area contributed by atoms with Crippen LogP contribution in [0, 0.1) is 6.92 Å². The molecule has 0 fully saturated rings. The Kier molecular flexibility index (Phi) is 2.99. The van der Waals surface area contributed by atoms with E-state index in [1.54, 1.807) is 13.2 Å². The van der Waals surface area contributed by atoms with E-state index in [1.807, 2.05) is 50.3 Å². The molecule has 0 spiro atoms. The van der Waals surface area contributed by atoms with Gasteiger partial charge in [-0.25, -0.2) is 0 Å². The van der Waals surface area contributed by atoms with Gasteiger partial charge in [-0.05, 0) is 43.2 Å². The highest BCUT2D eigenvalue weighted by atomic mass is 16.5. The van der Waals surface area contributed by atoms with E-state index in [-0.39, 0.29) is 5.78 Å². The van der Waals surface area contributed by atoms with Crippen LogP contribution in [0.4, 0.5) is 0 Å². The van der Waals surface area contributed by atoms with Crippen molar-refractivity contribution in [1.29, 1.82) is 0 Å². The number of aryl methyl sites for hydroxylation is 1. The van der Waals surface area contributed by atoms with Gasteiger partial charge in [0.2, 0.25) is 0 Å². The van der Waals surface area contributed by atoms with Crippen molar-refractivity contribution in [2.24, 2.45) is 0 Å². The predicted molar refractivity (Wildman–Crippen MR) is 67.8 cm³/mol. The van der Waals surface area contributed by atoms with Crippen LogP contribution in [0.15, 0.2) is 48.1 Å². The molecule has 1 unspecified atom stereocenters. The molecule has 88 valence electrons. The molecule has 1 aliphatic rings. The van der Waals surface area contributed by atoms with Crippen molar-refractivity contribution in [1.82, 2.24) is 0 Å². The molecular formula is C15H16O2. The lowest BCUT2D eigenvalue weighted by Crippen LogP contribution is -2.27. The minimum absolute atomic E-state index is 0.0461. The average molecular weight is 228 g/mol. The molecule has 0 aliphatic heterocycles. The largest absolute Gasteiger partial charge is 0.365 e. The first-order valence-electron chi connectivity index (χ1n) is 5.63. The van der Waals surface area contributed by atoms with Gasteiger partial charge in [-0.2, -0.15) is 0 Å². The zero-order chi connectivity index (χ0) is 12.5. The summed E-state index contributed by atoms with van der Waals surface area (Å²) in [6.45, 7) is 3.86. The highest BCUT2D eigenvalue weighted by Gasteiger charge is 2.30. The van der Waals surface area contributed by atoms with Crippen molar-refractivity contribution in [3.63, 3.8) is 0 Å². The van der Waals surface area contributed by atoms with Crippen molar-refractivity contribution < 1.29 is 9.53 Å². The van der Waals surface area contributed by atoms with Crippen molar-refractivity contribution in [3.8, 4) is 0 Å². The van der Waals surface area contributed by atoms with Gasteiger partial charge in [-0.3, -0.25) is 4.79 Å². The van der Waals surface area contributed by atoms with Crippen LogP contribution < -0.4 is 0 Å². The zero-order valence-electron chi connectivity index (χ0n) is 10.4. The van der Waals surface area contributed by atoms with Crippen LogP contribution in [0.5, 0.6) is 0 Å². The van der Waals surface area contributed by atoms with Crippen LogP contribution in [0.25, 0.3) is 0 Å². The Hall–Kier alpha value is -1.67. The molecule has 0 heterocycles. The Morgan fingerprint density at radius 1 is 1.12 bits per heavy atom. The summed E-state index contributed by atoms with van der Waals surface area (Å²) in [6, 6.07) is 8.15. The highest BCUT2D eigenvalue weighted by Crippen LogP contribution is 2.32. The number of rotatable bonds is 2. The number of benzene rings is 1. The van der Waals surface area contributed by atoms with Gasteiger partial charge in [0.25, 0.3) is 0 Å². The average Bonchev–Trinajstić information content (AvgIpc) is 2.34. The lowest BCUT2D eigenvalue weighted by Gasteiger charge is -2.29. The topological polar surface area (TPSA) is 26.3 Å². The Morgan fingerprint density at radius 2 is 1.76 bits per heavy atom. The molecule has 1 aliphatic carbocycles. The zero-order valence-corrected chi connectivity index (χ0v) is 10.4. The summed E-state index contributed by atoms with van der Waals surface area (Å²) in [5.41, 5.74) is 2.35. The van der Waals surface area contributed by atoms with E-state index >= 15 is 0 Å². The van der Waals surface area contributed by atoms with Gasteiger partial charge in [0, 0.05) is 7.11 Å². The van der Waals surface area contributed by atoms with Crippen LogP contribution in [-0.2, 0) is 15.1 Å². The molecule has 0 saturated carbocycles. The first-order chi connectivity index (χ1) is 8.07. The molecule has 17 heavy (non-hydrogen) atoms. The number of ether oxygens (including phenoxy) is 1. The normalized spacial score (nSPS) is 23.7. The number of allylic oxidation sites excluding steroid dienone is 2. The van der Waals surface area contributed by atoms with Crippen molar-refractivity contribution in [2.75, 3.05) is 7.11 Å². The fourth-order valence-corrected chi connectivity index (χ4v) is 2.01. The molecule has 0 radical (unpaired) electrons. The summed E-state index contributed by atoms with van der Waals surface area (Å²) < 4.78 is 5.61. The van der Waals surface area contributed by atoms with Crippen LogP contribution in [0.3, 0.4) is 0 Å². The van der Waals surface area contributed by atoms with E-state index < -0.39 is 5.60 Å². The molecule has 0 bridgehead atoms. The number of hydrogen-bond donors (Lipinski definition) is 0. The smallest absolute Gasteiger partial charge is 0.181 e. The molecule has 2 nitrogen and oxygen atoms in total. The number of carbonyl (C=O) groups is 1. The lowest BCUT2D eigenvalue weighted by atomic mass is 9.86. The van der Waals surface area contributed by atoms with Crippen LogP contribution in [0.2, 0.25) is 0 Å². The number of methoxy groups -OCH3 is 1. The minimum atomic E-state index is -0.605. The van der Waals surface area contributed by atoms with Gasteiger partial charge in [0.15, 0.2) is 5.78 Å². The second-order valence-corrected chi connectivity index (χ2v) is 4.39. The second kappa shape index (κ2) is 4.30. The maximum Gasteiger partial charge on any atom is 0.181 e. The van der Waals surface area contributed by atoms with Crippen molar-refractivity contribution in [3.05, 3.63) is 59.2 Å². The number of hydrogen-bond acceptors (Lipinski definition) is 2. The van der Waals surface area contributed by atoms with Crippen LogP contribution in [-0.4, -0.2) is 12.9 Å².